The summed E-state index contributed by atoms with van der Waals surface area (Å²) in [6, 6.07) is 0. The molecule has 2 fully saturated rings. The minimum atomic E-state index is -1.36. The largest absolute Gasteiger partial charge is 0.394 e. The van der Waals surface area contributed by atoms with Gasteiger partial charge in [0.25, 0.3) is 5.56 Å². The Labute approximate surface area is 131 Å². The van der Waals surface area contributed by atoms with E-state index in [0.29, 0.717) is 5.92 Å². The Morgan fingerprint density at radius 3 is 2.65 bits per heavy atom. The Hall–Kier alpha value is -1.92. The van der Waals surface area contributed by atoms with Gasteiger partial charge in [0.1, 0.15) is 24.4 Å². The molecule has 0 spiro atoms. The third-order valence-corrected chi connectivity index (χ3v) is 4.02. The average molecular weight is 322 g/mol. The van der Waals surface area contributed by atoms with Crippen molar-refractivity contribution in [1.82, 2.24) is 9.55 Å². The molecule has 124 valence electrons. The molecule has 3 rings (SSSR count). The predicted octanol–water partition coefficient (Wildman–Crippen LogP) is -1.90. The first-order valence-electron chi connectivity index (χ1n) is 7.45. The van der Waals surface area contributed by atoms with Gasteiger partial charge in [-0.3, -0.25) is 14.3 Å². The number of aromatic nitrogens is 2. The number of hydrogen-bond donors (Lipinski definition) is 4. The standard InChI is InChI=1S/C15H18N2O6/c18-7-10-11(19)12(20)13(23-10)9-6-17(15(22)16-14(9)21)5-1-2-8-3-4-8/h6,8,10-13,18-20H,3-5,7H2,(H,16,21,22)/t10-,11-,12-,13+/m1/s1. The summed E-state index contributed by atoms with van der Waals surface area (Å²) >= 11 is 0. The fourth-order valence-electron chi connectivity index (χ4n) is 2.51. The van der Waals surface area contributed by atoms with Crippen molar-refractivity contribution in [3.63, 3.8) is 0 Å². The van der Waals surface area contributed by atoms with Crippen LogP contribution in [-0.2, 0) is 11.3 Å². The molecule has 2 aliphatic rings. The molecule has 1 aliphatic heterocycles. The molecule has 1 aromatic rings. The lowest BCUT2D eigenvalue weighted by atomic mass is 10.0. The number of nitrogens with one attached hydrogen (secondary N) is 1. The summed E-state index contributed by atoms with van der Waals surface area (Å²) in [5.74, 6) is 6.29. The van der Waals surface area contributed by atoms with Crippen molar-refractivity contribution >= 4 is 0 Å². The summed E-state index contributed by atoms with van der Waals surface area (Å²) in [7, 11) is 0. The Bertz CT molecular complexity index is 754. The van der Waals surface area contributed by atoms with Crippen LogP contribution in [0.5, 0.6) is 0 Å². The Balaban J connectivity index is 1.88. The van der Waals surface area contributed by atoms with Crippen LogP contribution in [0.25, 0.3) is 0 Å². The maximum atomic E-state index is 12.0. The molecular formula is C15H18N2O6. The zero-order valence-electron chi connectivity index (χ0n) is 12.3. The monoisotopic (exact) mass is 322 g/mol. The van der Waals surface area contributed by atoms with Gasteiger partial charge in [0, 0.05) is 12.1 Å². The highest BCUT2D eigenvalue weighted by atomic mass is 16.6. The third-order valence-electron chi connectivity index (χ3n) is 4.02. The van der Waals surface area contributed by atoms with Crippen LogP contribution >= 0.6 is 0 Å². The Kier molecular flexibility index (Phi) is 4.37. The molecule has 0 radical (unpaired) electrons. The van der Waals surface area contributed by atoms with Crippen molar-refractivity contribution in [2.75, 3.05) is 6.61 Å². The minimum absolute atomic E-state index is 0.0142. The fourth-order valence-corrected chi connectivity index (χ4v) is 2.51. The quantitative estimate of drug-likeness (QED) is 0.482. The van der Waals surface area contributed by atoms with Crippen molar-refractivity contribution in [2.24, 2.45) is 5.92 Å². The van der Waals surface area contributed by atoms with Gasteiger partial charge in [0.15, 0.2) is 0 Å². The van der Waals surface area contributed by atoms with Crippen molar-refractivity contribution in [1.29, 1.82) is 0 Å². The van der Waals surface area contributed by atoms with E-state index in [-0.39, 0.29) is 12.1 Å². The second-order valence-corrected chi connectivity index (χ2v) is 5.83. The van der Waals surface area contributed by atoms with E-state index in [9.17, 15) is 19.8 Å². The summed E-state index contributed by atoms with van der Waals surface area (Å²) in [4.78, 5) is 25.9. The summed E-state index contributed by atoms with van der Waals surface area (Å²) in [6.07, 6.45) is -1.35. The maximum Gasteiger partial charge on any atom is 0.329 e. The minimum Gasteiger partial charge on any atom is -0.394 e. The summed E-state index contributed by atoms with van der Waals surface area (Å²) < 4.78 is 6.55. The number of nitrogens with zero attached hydrogens (tertiary/aromatic N) is 1. The normalized spacial score (nSPS) is 30.0. The van der Waals surface area contributed by atoms with E-state index >= 15 is 0 Å². The summed E-state index contributed by atoms with van der Waals surface area (Å²) in [6.45, 7) is -0.368. The van der Waals surface area contributed by atoms with Crippen LogP contribution in [0.2, 0.25) is 0 Å². The Morgan fingerprint density at radius 1 is 1.30 bits per heavy atom. The van der Waals surface area contributed by atoms with Crippen molar-refractivity contribution in [3.05, 3.63) is 32.6 Å². The second-order valence-electron chi connectivity index (χ2n) is 5.83. The van der Waals surface area contributed by atoms with Crippen LogP contribution in [0.1, 0.15) is 24.5 Å². The van der Waals surface area contributed by atoms with Gasteiger partial charge in [0.2, 0.25) is 0 Å². The van der Waals surface area contributed by atoms with Gasteiger partial charge < -0.3 is 20.1 Å². The first kappa shape index (κ1) is 16.0. The van der Waals surface area contributed by atoms with E-state index in [1.807, 2.05) is 0 Å². The second kappa shape index (κ2) is 6.29. The molecule has 23 heavy (non-hydrogen) atoms. The van der Waals surface area contributed by atoms with Crippen molar-refractivity contribution in [3.8, 4) is 11.8 Å². The zero-order valence-corrected chi connectivity index (χ0v) is 12.3. The van der Waals surface area contributed by atoms with Crippen molar-refractivity contribution in [2.45, 2.75) is 43.8 Å². The summed E-state index contributed by atoms with van der Waals surface area (Å²) in [5.41, 5.74) is -1.29. The SMILES string of the molecule is O=c1[nH]c(=O)n(CC#CC2CC2)cc1[C@@H]1O[C@H](CO)[C@@H](O)[C@H]1O. The molecule has 1 aromatic heterocycles. The van der Waals surface area contributed by atoms with Gasteiger partial charge in [-0.15, -0.1) is 0 Å². The molecular weight excluding hydrogens is 304 g/mol. The topological polar surface area (TPSA) is 125 Å². The lowest BCUT2D eigenvalue weighted by Gasteiger charge is -2.14. The van der Waals surface area contributed by atoms with Crippen LogP contribution in [0.4, 0.5) is 0 Å². The van der Waals surface area contributed by atoms with Crippen LogP contribution < -0.4 is 11.2 Å². The number of H-pyrrole nitrogens is 1. The van der Waals surface area contributed by atoms with Crippen LogP contribution in [0, 0.1) is 17.8 Å². The number of aliphatic hydroxyl groups excluding tert-OH is 3. The number of aliphatic hydroxyl groups is 3. The smallest absolute Gasteiger partial charge is 0.329 e. The van der Waals surface area contributed by atoms with Gasteiger partial charge in [-0.25, -0.2) is 4.79 Å². The molecule has 1 saturated heterocycles. The summed E-state index contributed by atoms with van der Waals surface area (Å²) in [5, 5.41) is 28.9. The van der Waals surface area contributed by atoms with E-state index in [1.54, 1.807) is 0 Å². The highest BCUT2D eigenvalue weighted by Gasteiger charge is 2.44. The van der Waals surface area contributed by atoms with Gasteiger partial charge in [-0.2, -0.15) is 0 Å². The first-order chi connectivity index (χ1) is 11.0. The van der Waals surface area contributed by atoms with Gasteiger partial charge >= 0.3 is 5.69 Å². The number of hydrogen-bond acceptors (Lipinski definition) is 6. The predicted molar refractivity (Wildman–Crippen MR) is 78.5 cm³/mol. The molecule has 0 unspecified atom stereocenters. The molecule has 4 N–H and O–H groups in total. The van der Waals surface area contributed by atoms with Crippen LogP contribution in [0.15, 0.2) is 15.8 Å². The van der Waals surface area contributed by atoms with E-state index in [0.717, 1.165) is 12.8 Å². The zero-order chi connectivity index (χ0) is 16.6. The molecule has 8 nitrogen and oxygen atoms in total. The highest BCUT2D eigenvalue weighted by molar-refractivity contribution is 5.16. The fraction of sp³-hybridized carbons (Fsp3) is 0.600. The molecule has 2 heterocycles. The van der Waals surface area contributed by atoms with E-state index in [4.69, 9.17) is 9.84 Å². The van der Waals surface area contributed by atoms with Gasteiger partial charge in [-0.1, -0.05) is 11.8 Å². The molecule has 0 bridgehead atoms. The number of aromatic amines is 1. The van der Waals surface area contributed by atoms with Gasteiger partial charge in [0.05, 0.1) is 18.7 Å². The molecule has 4 atom stereocenters. The third kappa shape index (κ3) is 3.23. The van der Waals surface area contributed by atoms with Crippen LogP contribution in [-0.4, -0.2) is 49.8 Å². The van der Waals surface area contributed by atoms with Crippen LogP contribution in [0.3, 0.4) is 0 Å². The molecule has 1 saturated carbocycles. The van der Waals surface area contributed by atoms with Gasteiger partial charge in [-0.05, 0) is 12.8 Å². The highest BCUT2D eigenvalue weighted by Crippen LogP contribution is 2.31. The molecule has 0 amide bonds. The average Bonchev–Trinajstić information content (AvgIpc) is 3.30. The maximum absolute atomic E-state index is 12.0. The lowest BCUT2D eigenvalue weighted by Crippen LogP contribution is -2.36. The van der Waals surface area contributed by atoms with E-state index < -0.39 is 42.3 Å². The van der Waals surface area contributed by atoms with Crippen molar-refractivity contribution < 1.29 is 20.1 Å². The molecule has 8 heteroatoms. The number of ether oxygens (including phenoxy) is 1. The Morgan fingerprint density at radius 2 is 2.04 bits per heavy atom. The lowest BCUT2D eigenvalue weighted by molar-refractivity contribution is -0.0233. The first-order valence-corrected chi connectivity index (χ1v) is 7.45. The molecule has 0 aromatic carbocycles. The number of rotatable bonds is 3. The van der Waals surface area contributed by atoms with E-state index in [1.165, 1.54) is 10.8 Å². The van der Waals surface area contributed by atoms with E-state index in [2.05, 4.69) is 16.8 Å². The molecule has 1 aliphatic carbocycles.